The van der Waals surface area contributed by atoms with Crippen LogP contribution in [0.15, 0.2) is 71.1 Å². The summed E-state index contributed by atoms with van der Waals surface area (Å²) in [5.41, 5.74) is 3.23. The smallest absolute Gasteiger partial charge is 0.228 e. The second-order valence-corrected chi connectivity index (χ2v) is 7.62. The van der Waals surface area contributed by atoms with E-state index < -0.39 is 0 Å². The maximum Gasteiger partial charge on any atom is 0.228 e. The lowest BCUT2D eigenvalue weighted by Crippen LogP contribution is -2.14. The molecule has 1 N–H and O–H groups in total. The van der Waals surface area contributed by atoms with Crippen molar-refractivity contribution in [2.75, 3.05) is 12.4 Å². The van der Waals surface area contributed by atoms with Crippen molar-refractivity contribution in [3.05, 3.63) is 94.2 Å². The Kier molecular flexibility index (Phi) is 5.78. The highest BCUT2D eigenvalue weighted by Crippen LogP contribution is 2.30. The Morgan fingerprint density at radius 2 is 1.81 bits per heavy atom. The molecule has 3 aromatic carbocycles. The zero-order chi connectivity index (χ0) is 22.0. The number of ether oxygens (including phenoxy) is 1. The van der Waals surface area contributed by atoms with Crippen LogP contribution in [-0.4, -0.2) is 18.8 Å². The molecule has 0 saturated heterocycles. The first kappa shape index (κ1) is 20.7. The van der Waals surface area contributed by atoms with Crippen molar-refractivity contribution in [2.45, 2.75) is 13.3 Å². The molecule has 31 heavy (non-hydrogen) atoms. The Morgan fingerprint density at radius 1 is 1.03 bits per heavy atom. The average Bonchev–Trinajstić information content (AvgIpc) is 3.10. The molecule has 5 nitrogen and oxygen atoms in total. The molecule has 0 atom stereocenters. The highest BCUT2D eigenvalue weighted by molar-refractivity contribution is 6.30. The summed E-state index contributed by atoms with van der Waals surface area (Å²) in [4.78, 5) is 25.4. The monoisotopic (exact) mass is 433 g/mol. The van der Waals surface area contributed by atoms with Crippen LogP contribution < -0.4 is 10.1 Å². The number of nitrogens with one attached hydrogen (secondary N) is 1. The van der Waals surface area contributed by atoms with Crippen molar-refractivity contribution in [2.24, 2.45) is 0 Å². The molecule has 156 valence electrons. The molecule has 6 heteroatoms. The van der Waals surface area contributed by atoms with Crippen molar-refractivity contribution >= 4 is 39.9 Å². The second kappa shape index (κ2) is 8.66. The Morgan fingerprint density at radius 3 is 2.55 bits per heavy atom. The van der Waals surface area contributed by atoms with Crippen LogP contribution in [0.3, 0.4) is 0 Å². The van der Waals surface area contributed by atoms with Gasteiger partial charge in [-0.05, 0) is 48.9 Å². The molecule has 0 bridgehead atoms. The maximum atomic E-state index is 13.0. The first-order valence-electron chi connectivity index (χ1n) is 9.71. The molecule has 0 fully saturated rings. The number of benzene rings is 3. The lowest BCUT2D eigenvalue weighted by molar-refractivity contribution is -0.115. The third-order valence-corrected chi connectivity index (χ3v) is 5.29. The summed E-state index contributed by atoms with van der Waals surface area (Å²) in [5.74, 6) is 0.497. The van der Waals surface area contributed by atoms with Gasteiger partial charge in [0.1, 0.15) is 11.3 Å². The number of carbonyl (C=O) groups is 2. The summed E-state index contributed by atoms with van der Waals surface area (Å²) < 4.78 is 11.1. The number of fused-ring (bicyclic) bond motifs is 1. The topological polar surface area (TPSA) is 68.5 Å². The number of furan rings is 1. The first-order chi connectivity index (χ1) is 14.9. The van der Waals surface area contributed by atoms with Crippen molar-refractivity contribution in [3.8, 4) is 5.75 Å². The fourth-order valence-corrected chi connectivity index (χ4v) is 3.53. The van der Waals surface area contributed by atoms with Gasteiger partial charge < -0.3 is 14.5 Å². The Labute approximate surface area is 184 Å². The quantitative estimate of drug-likeness (QED) is 0.389. The number of aryl methyl sites for hydroxylation is 1. The predicted molar refractivity (Wildman–Crippen MR) is 121 cm³/mol. The van der Waals surface area contributed by atoms with E-state index in [1.807, 2.05) is 25.1 Å². The van der Waals surface area contributed by atoms with Gasteiger partial charge in [0.2, 0.25) is 11.7 Å². The van der Waals surface area contributed by atoms with Crippen molar-refractivity contribution in [3.63, 3.8) is 0 Å². The van der Waals surface area contributed by atoms with E-state index in [1.54, 1.807) is 55.6 Å². The highest BCUT2D eigenvalue weighted by Gasteiger charge is 2.20. The normalized spacial score (nSPS) is 10.8. The fraction of sp³-hybridized carbons (Fsp3) is 0.120. The molecule has 0 spiro atoms. The lowest BCUT2D eigenvalue weighted by Gasteiger charge is -2.05. The second-order valence-electron chi connectivity index (χ2n) is 7.18. The van der Waals surface area contributed by atoms with Gasteiger partial charge in [0, 0.05) is 33.3 Å². The molecule has 0 aliphatic heterocycles. The zero-order valence-electron chi connectivity index (χ0n) is 17.1. The Bertz CT molecular complexity index is 1270. The number of amides is 1. The van der Waals surface area contributed by atoms with Gasteiger partial charge in [0.05, 0.1) is 13.5 Å². The van der Waals surface area contributed by atoms with Crippen LogP contribution in [0.25, 0.3) is 11.0 Å². The van der Waals surface area contributed by atoms with E-state index in [9.17, 15) is 9.59 Å². The SMILES string of the molecule is COc1cccc(C(=O)c2oc3cc(NC(=O)Cc4ccc(Cl)cc4)ccc3c2C)c1. The van der Waals surface area contributed by atoms with Gasteiger partial charge in [-0.15, -0.1) is 0 Å². The number of anilines is 1. The minimum atomic E-state index is -0.221. The minimum Gasteiger partial charge on any atom is -0.497 e. The molecule has 1 heterocycles. The third kappa shape index (κ3) is 4.47. The van der Waals surface area contributed by atoms with E-state index in [1.165, 1.54) is 0 Å². The summed E-state index contributed by atoms with van der Waals surface area (Å²) in [6.07, 6.45) is 0.228. The number of rotatable bonds is 6. The summed E-state index contributed by atoms with van der Waals surface area (Å²) in [6, 6.07) is 19.4. The fourth-order valence-electron chi connectivity index (χ4n) is 3.41. The van der Waals surface area contributed by atoms with Crippen molar-refractivity contribution in [1.82, 2.24) is 0 Å². The summed E-state index contributed by atoms with van der Waals surface area (Å²) in [7, 11) is 1.55. The molecular weight excluding hydrogens is 414 g/mol. The average molecular weight is 434 g/mol. The summed E-state index contributed by atoms with van der Waals surface area (Å²) in [6.45, 7) is 1.85. The number of methoxy groups -OCH3 is 1. The van der Waals surface area contributed by atoms with E-state index in [0.717, 1.165) is 16.5 Å². The molecule has 0 unspecified atom stereocenters. The van der Waals surface area contributed by atoms with E-state index >= 15 is 0 Å². The minimum absolute atomic E-state index is 0.155. The van der Waals surface area contributed by atoms with Crippen molar-refractivity contribution in [1.29, 1.82) is 0 Å². The third-order valence-electron chi connectivity index (χ3n) is 5.04. The first-order valence-corrected chi connectivity index (χ1v) is 10.1. The maximum absolute atomic E-state index is 13.0. The number of ketones is 1. The van der Waals surface area contributed by atoms with Gasteiger partial charge >= 0.3 is 0 Å². The highest BCUT2D eigenvalue weighted by atomic mass is 35.5. The van der Waals surface area contributed by atoms with E-state index in [-0.39, 0.29) is 23.9 Å². The van der Waals surface area contributed by atoms with Gasteiger partial charge in [0.15, 0.2) is 5.76 Å². The number of hydrogen-bond acceptors (Lipinski definition) is 4. The van der Waals surface area contributed by atoms with Crippen LogP contribution in [0.1, 0.15) is 27.2 Å². The molecule has 4 aromatic rings. The molecule has 1 amide bonds. The zero-order valence-corrected chi connectivity index (χ0v) is 17.8. The Hall–Kier alpha value is -3.57. The van der Waals surface area contributed by atoms with Crippen LogP contribution in [-0.2, 0) is 11.2 Å². The Balaban J connectivity index is 1.56. The van der Waals surface area contributed by atoms with Crippen LogP contribution >= 0.6 is 11.6 Å². The van der Waals surface area contributed by atoms with Crippen molar-refractivity contribution < 1.29 is 18.7 Å². The number of carbonyl (C=O) groups excluding carboxylic acids is 2. The molecule has 0 saturated carbocycles. The number of hydrogen-bond donors (Lipinski definition) is 1. The molecule has 0 radical (unpaired) electrons. The van der Waals surface area contributed by atoms with Crippen LogP contribution in [0, 0.1) is 6.92 Å². The van der Waals surface area contributed by atoms with Gasteiger partial charge in [-0.25, -0.2) is 0 Å². The van der Waals surface area contributed by atoms with Crippen LogP contribution in [0.5, 0.6) is 5.75 Å². The lowest BCUT2D eigenvalue weighted by atomic mass is 10.0. The van der Waals surface area contributed by atoms with Crippen LogP contribution in [0.4, 0.5) is 5.69 Å². The summed E-state index contributed by atoms with van der Waals surface area (Å²) >= 11 is 5.88. The summed E-state index contributed by atoms with van der Waals surface area (Å²) in [5, 5.41) is 4.32. The predicted octanol–water partition coefficient (Wildman–Crippen LogP) is 5.82. The molecule has 0 aliphatic rings. The largest absolute Gasteiger partial charge is 0.497 e. The van der Waals surface area contributed by atoms with E-state index in [0.29, 0.717) is 27.6 Å². The van der Waals surface area contributed by atoms with Gasteiger partial charge in [0.25, 0.3) is 0 Å². The van der Waals surface area contributed by atoms with Gasteiger partial charge in [-0.1, -0.05) is 35.9 Å². The van der Waals surface area contributed by atoms with Gasteiger partial charge in [-0.3, -0.25) is 9.59 Å². The molecule has 1 aromatic heterocycles. The van der Waals surface area contributed by atoms with E-state index in [4.69, 9.17) is 20.8 Å². The van der Waals surface area contributed by atoms with E-state index in [2.05, 4.69) is 5.32 Å². The standard InChI is InChI=1S/C25H20ClNO4/c1-15-21-11-10-19(27-23(28)12-16-6-8-18(26)9-7-16)14-22(21)31-25(15)24(29)17-4-3-5-20(13-17)30-2/h3-11,13-14H,12H2,1-2H3,(H,27,28). The van der Waals surface area contributed by atoms with Gasteiger partial charge in [-0.2, -0.15) is 0 Å². The van der Waals surface area contributed by atoms with Crippen LogP contribution in [0.2, 0.25) is 5.02 Å². The molecular formula is C25H20ClNO4. The molecule has 0 aliphatic carbocycles. The molecule has 4 rings (SSSR count). The number of halogens is 1.